The van der Waals surface area contributed by atoms with Crippen molar-refractivity contribution < 1.29 is 5.11 Å². The molecule has 0 bridgehead atoms. The van der Waals surface area contributed by atoms with Gasteiger partial charge in [0.05, 0.1) is 11.3 Å². The van der Waals surface area contributed by atoms with Crippen LogP contribution in [0.1, 0.15) is 25.1 Å². The van der Waals surface area contributed by atoms with Crippen molar-refractivity contribution in [2.24, 2.45) is 7.05 Å². The molecule has 1 fully saturated rings. The molecule has 5 nitrogen and oxygen atoms in total. The lowest BCUT2D eigenvalue weighted by atomic mass is 10.0. The van der Waals surface area contributed by atoms with Gasteiger partial charge in [-0.25, -0.2) is 0 Å². The Morgan fingerprint density at radius 1 is 1.59 bits per heavy atom. The number of β-amino-alcohol motifs (C(OH)–C–C–N with tert-alkyl or cyclic N) is 1. The smallest absolute Gasteiger partial charge is 0.0909 e. The molecular weight excluding hydrogens is 216 g/mol. The second-order valence-electron chi connectivity index (χ2n) is 5.19. The number of hydrogen-bond acceptors (Lipinski definition) is 4. The molecule has 0 spiro atoms. The van der Waals surface area contributed by atoms with E-state index < -0.39 is 5.60 Å². The summed E-state index contributed by atoms with van der Waals surface area (Å²) in [5.41, 5.74) is 0.557. The Morgan fingerprint density at radius 2 is 2.35 bits per heavy atom. The first-order chi connectivity index (χ1) is 8.00. The van der Waals surface area contributed by atoms with Gasteiger partial charge < -0.3 is 15.3 Å². The summed E-state index contributed by atoms with van der Waals surface area (Å²) in [4.78, 5) is 2.16. The van der Waals surface area contributed by atoms with Gasteiger partial charge in [0.15, 0.2) is 0 Å². The number of aryl methyl sites for hydroxylation is 1. The van der Waals surface area contributed by atoms with Gasteiger partial charge in [0.25, 0.3) is 0 Å². The van der Waals surface area contributed by atoms with E-state index in [0.29, 0.717) is 6.54 Å². The third kappa shape index (κ3) is 2.86. The Bertz CT molecular complexity index is 378. The lowest BCUT2D eigenvalue weighted by Crippen LogP contribution is -2.43. The normalized spacial score (nSPS) is 27.5. The van der Waals surface area contributed by atoms with E-state index >= 15 is 0 Å². The molecule has 5 heteroatoms. The van der Waals surface area contributed by atoms with E-state index in [-0.39, 0.29) is 6.04 Å². The molecule has 0 amide bonds. The molecular formula is C12H22N4O. The molecule has 2 atom stereocenters. The highest BCUT2D eigenvalue weighted by Gasteiger charge is 2.34. The second-order valence-corrected chi connectivity index (χ2v) is 5.19. The monoisotopic (exact) mass is 238 g/mol. The van der Waals surface area contributed by atoms with Crippen molar-refractivity contribution in [2.75, 3.05) is 26.7 Å². The highest BCUT2D eigenvalue weighted by atomic mass is 16.3. The molecule has 0 aliphatic carbocycles. The molecule has 1 aromatic heterocycles. The molecule has 0 radical (unpaired) electrons. The maximum Gasteiger partial charge on any atom is 0.0909 e. The SMILES string of the molecule is CC(NCC1(O)CCN(C)C1)c1ccnn1C. The average Bonchev–Trinajstić information content (AvgIpc) is 2.83. The summed E-state index contributed by atoms with van der Waals surface area (Å²) in [5, 5.41) is 17.9. The molecule has 1 saturated heterocycles. The van der Waals surface area contributed by atoms with E-state index in [4.69, 9.17) is 0 Å². The summed E-state index contributed by atoms with van der Waals surface area (Å²) in [5.74, 6) is 0. The van der Waals surface area contributed by atoms with Crippen LogP contribution in [0.2, 0.25) is 0 Å². The fraction of sp³-hybridized carbons (Fsp3) is 0.750. The van der Waals surface area contributed by atoms with Crippen molar-refractivity contribution in [2.45, 2.75) is 25.0 Å². The lowest BCUT2D eigenvalue weighted by Gasteiger charge is -2.25. The maximum atomic E-state index is 10.4. The van der Waals surface area contributed by atoms with Gasteiger partial charge >= 0.3 is 0 Å². The van der Waals surface area contributed by atoms with Crippen LogP contribution in [0.3, 0.4) is 0 Å². The zero-order chi connectivity index (χ0) is 12.5. The third-order valence-corrected chi connectivity index (χ3v) is 3.56. The fourth-order valence-electron chi connectivity index (χ4n) is 2.46. The Morgan fingerprint density at radius 3 is 2.88 bits per heavy atom. The molecule has 2 unspecified atom stereocenters. The van der Waals surface area contributed by atoms with Gasteiger partial charge in [-0.05, 0) is 26.5 Å². The molecule has 96 valence electrons. The fourth-order valence-corrected chi connectivity index (χ4v) is 2.46. The van der Waals surface area contributed by atoms with E-state index in [1.54, 1.807) is 6.20 Å². The average molecular weight is 238 g/mol. The number of nitrogens with one attached hydrogen (secondary N) is 1. The molecule has 1 aromatic rings. The molecule has 2 heterocycles. The summed E-state index contributed by atoms with van der Waals surface area (Å²) in [6.07, 6.45) is 2.64. The van der Waals surface area contributed by atoms with Crippen molar-refractivity contribution in [3.05, 3.63) is 18.0 Å². The van der Waals surface area contributed by atoms with E-state index in [0.717, 1.165) is 25.2 Å². The van der Waals surface area contributed by atoms with Crippen LogP contribution in [0.15, 0.2) is 12.3 Å². The van der Waals surface area contributed by atoms with Crippen LogP contribution in [0.25, 0.3) is 0 Å². The molecule has 0 aromatic carbocycles. The van der Waals surface area contributed by atoms with Crippen molar-refractivity contribution in [3.63, 3.8) is 0 Å². The molecule has 17 heavy (non-hydrogen) atoms. The number of rotatable bonds is 4. The summed E-state index contributed by atoms with van der Waals surface area (Å²) < 4.78 is 1.86. The predicted octanol–water partition coefficient (Wildman–Crippen LogP) is 0.137. The van der Waals surface area contributed by atoms with E-state index in [1.165, 1.54) is 0 Å². The van der Waals surface area contributed by atoms with Crippen molar-refractivity contribution >= 4 is 0 Å². The molecule has 1 aliphatic rings. The van der Waals surface area contributed by atoms with Crippen molar-refractivity contribution in [3.8, 4) is 0 Å². The van der Waals surface area contributed by atoms with Crippen molar-refractivity contribution in [1.82, 2.24) is 20.0 Å². The Balaban J connectivity index is 1.88. The van der Waals surface area contributed by atoms with Crippen LogP contribution < -0.4 is 5.32 Å². The first-order valence-electron chi connectivity index (χ1n) is 6.12. The largest absolute Gasteiger partial charge is 0.387 e. The van der Waals surface area contributed by atoms with Crippen LogP contribution in [0, 0.1) is 0 Å². The number of nitrogens with zero attached hydrogens (tertiary/aromatic N) is 3. The van der Waals surface area contributed by atoms with Gasteiger partial charge in [-0.1, -0.05) is 0 Å². The Hall–Kier alpha value is -0.910. The number of aliphatic hydroxyl groups is 1. The predicted molar refractivity (Wildman–Crippen MR) is 66.7 cm³/mol. The van der Waals surface area contributed by atoms with Gasteiger partial charge in [-0.3, -0.25) is 4.68 Å². The summed E-state index contributed by atoms with van der Waals surface area (Å²) in [6, 6.07) is 2.21. The van der Waals surface area contributed by atoms with Crippen LogP contribution in [-0.2, 0) is 7.05 Å². The number of likely N-dealkylation sites (tertiary alicyclic amines) is 1. The quantitative estimate of drug-likeness (QED) is 0.783. The first-order valence-corrected chi connectivity index (χ1v) is 6.12. The lowest BCUT2D eigenvalue weighted by molar-refractivity contribution is 0.0492. The molecule has 0 saturated carbocycles. The highest BCUT2D eigenvalue weighted by molar-refractivity contribution is 5.06. The molecule has 1 aliphatic heterocycles. The summed E-state index contributed by atoms with van der Waals surface area (Å²) in [6.45, 7) is 4.44. The Kier molecular flexibility index (Phi) is 3.51. The summed E-state index contributed by atoms with van der Waals surface area (Å²) in [7, 11) is 3.98. The van der Waals surface area contributed by atoms with E-state index in [1.807, 2.05) is 24.8 Å². The number of aromatic nitrogens is 2. The second kappa shape index (κ2) is 4.76. The van der Waals surface area contributed by atoms with Crippen LogP contribution >= 0.6 is 0 Å². The van der Waals surface area contributed by atoms with E-state index in [2.05, 4.69) is 22.2 Å². The summed E-state index contributed by atoms with van der Waals surface area (Å²) >= 11 is 0. The zero-order valence-corrected chi connectivity index (χ0v) is 10.8. The highest BCUT2D eigenvalue weighted by Crippen LogP contribution is 2.20. The van der Waals surface area contributed by atoms with Gasteiger partial charge in [-0.15, -0.1) is 0 Å². The standard InChI is InChI=1S/C12H22N4O/c1-10(11-4-6-14-16(11)3)13-8-12(17)5-7-15(2)9-12/h4,6,10,13,17H,5,7-9H2,1-3H3. The Labute approximate surface area is 102 Å². The third-order valence-electron chi connectivity index (χ3n) is 3.56. The van der Waals surface area contributed by atoms with Crippen molar-refractivity contribution in [1.29, 1.82) is 0 Å². The maximum absolute atomic E-state index is 10.4. The van der Waals surface area contributed by atoms with E-state index in [9.17, 15) is 5.11 Å². The van der Waals surface area contributed by atoms with Gasteiger partial charge in [0.2, 0.25) is 0 Å². The minimum atomic E-state index is -0.582. The van der Waals surface area contributed by atoms with Gasteiger partial charge in [-0.2, -0.15) is 5.10 Å². The minimum absolute atomic E-state index is 0.206. The van der Waals surface area contributed by atoms with Gasteiger partial charge in [0.1, 0.15) is 0 Å². The minimum Gasteiger partial charge on any atom is -0.387 e. The van der Waals surface area contributed by atoms with Gasteiger partial charge in [0, 0.05) is 38.9 Å². The number of likely N-dealkylation sites (N-methyl/N-ethyl adjacent to an activating group) is 1. The van der Waals surface area contributed by atoms with Crippen LogP contribution in [0.4, 0.5) is 0 Å². The zero-order valence-electron chi connectivity index (χ0n) is 10.8. The molecule has 2 rings (SSSR count). The molecule has 2 N–H and O–H groups in total. The first kappa shape index (κ1) is 12.5. The topological polar surface area (TPSA) is 53.3 Å². The van der Waals surface area contributed by atoms with Crippen LogP contribution in [-0.4, -0.2) is 52.1 Å². The van der Waals surface area contributed by atoms with Crippen LogP contribution in [0.5, 0.6) is 0 Å². The number of hydrogen-bond donors (Lipinski definition) is 2.